The van der Waals surface area contributed by atoms with Crippen LogP contribution < -0.4 is 0 Å². The molecule has 0 bridgehead atoms. The van der Waals surface area contributed by atoms with E-state index in [2.05, 4.69) is 5.16 Å². The van der Waals surface area contributed by atoms with Crippen molar-refractivity contribution < 1.29 is 23.7 Å². The number of nitrogens with zero attached hydrogens (tertiary/aromatic N) is 2. The molecule has 2 heterocycles. The quantitative estimate of drug-likeness (QED) is 0.444. The largest absolute Gasteiger partial charge is 0.480 e. The molecule has 106 valence electrons. The lowest BCUT2D eigenvalue weighted by atomic mass is 9.98. The Morgan fingerprint density at radius 2 is 2.21 bits per heavy atom. The van der Waals surface area contributed by atoms with Crippen LogP contribution in [0.15, 0.2) is 5.16 Å². The maximum absolute atomic E-state index is 12.3. The molecule has 8 heteroatoms. The zero-order valence-electron chi connectivity index (χ0n) is 11.0. The van der Waals surface area contributed by atoms with Crippen LogP contribution in [0.1, 0.15) is 27.2 Å². The van der Waals surface area contributed by atoms with E-state index in [0.717, 1.165) is 11.3 Å². The number of oxime groups is 1. The van der Waals surface area contributed by atoms with Gasteiger partial charge in [0, 0.05) is 0 Å². The first-order valence-corrected chi connectivity index (χ1v) is 7.21. The molecule has 2 rings (SSSR count). The van der Waals surface area contributed by atoms with E-state index in [0.29, 0.717) is 6.61 Å². The van der Waals surface area contributed by atoms with Crippen molar-refractivity contribution in [1.82, 2.24) is 4.90 Å². The highest BCUT2D eigenvalue weighted by atomic mass is 32.2. The normalized spacial score (nSPS) is 34.1. The van der Waals surface area contributed by atoms with Gasteiger partial charge >= 0.3 is 5.97 Å². The van der Waals surface area contributed by atoms with E-state index in [-0.39, 0.29) is 5.71 Å². The minimum Gasteiger partial charge on any atom is -0.480 e. The number of hydrogen-bond donors (Lipinski definition) is 1. The molecule has 7 nitrogen and oxygen atoms in total. The van der Waals surface area contributed by atoms with Gasteiger partial charge in [-0.3, -0.25) is 9.00 Å². The Morgan fingerprint density at radius 1 is 1.58 bits per heavy atom. The molecule has 0 aromatic rings. The van der Waals surface area contributed by atoms with Gasteiger partial charge in [-0.05, 0) is 20.3 Å². The van der Waals surface area contributed by atoms with Crippen molar-refractivity contribution >= 4 is 28.4 Å². The third-order valence-corrected chi connectivity index (χ3v) is 5.41. The van der Waals surface area contributed by atoms with Crippen molar-refractivity contribution in [2.45, 2.75) is 43.4 Å². The van der Waals surface area contributed by atoms with Gasteiger partial charge in [-0.25, -0.2) is 4.79 Å². The number of hydrogen-bond acceptors (Lipinski definition) is 5. The smallest absolute Gasteiger partial charge is 0.328 e. The highest BCUT2D eigenvalue weighted by Crippen LogP contribution is 2.42. The fourth-order valence-corrected chi connectivity index (χ4v) is 4.09. The molecule has 0 radical (unpaired) electrons. The summed E-state index contributed by atoms with van der Waals surface area (Å²) in [7, 11) is -1.51. The molecular weight excluding hydrogens is 272 g/mol. The topological polar surface area (TPSA) is 96.3 Å². The first-order valence-electron chi connectivity index (χ1n) is 6.00. The molecule has 3 atom stereocenters. The summed E-state index contributed by atoms with van der Waals surface area (Å²) >= 11 is 0. The van der Waals surface area contributed by atoms with Crippen molar-refractivity contribution in [1.29, 1.82) is 0 Å². The van der Waals surface area contributed by atoms with E-state index in [1.54, 1.807) is 13.8 Å². The van der Waals surface area contributed by atoms with Gasteiger partial charge in [0.25, 0.3) is 5.91 Å². The fraction of sp³-hybridized carbons (Fsp3) is 0.727. The molecule has 1 amide bonds. The van der Waals surface area contributed by atoms with Crippen molar-refractivity contribution in [2.75, 3.05) is 6.61 Å². The molecule has 2 aliphatic heterocycles. The molecule has 2 saturated heterocycles. The van der Waals surface area contributed by atoms with E-state index in [1.807, 2.05) is 6.92 Å². The van der Waals surface area contributed by atoms with Gasteiger partial charge in [0.05, 0.1) is 15.5 Å². The van der Waals surface area contributed by atoms with Crippen molar-refractivity contribution in [3.63, 3.8) is 0 Å². The van der Waals surface area contributed by atoms with E-state index < -0.39 is 38.8 Å². The van der Waals surface area contributed by atoms with Gasteiger partial charge in [0.1, 0.15) is 12.6 Å². The van der Waals surface area contributed by atoms with Crippen LogP contribution in [-0.2, 0) is 25.2 Å². The molecular formula is C11H16N2O5S. The lowest BCUT2D eigenvalue weighted by Crippen LogP contribution is -2.64. The maximum atomic E-state index is 12.3. The minimum absolute atomic E-state index is 0.0589. The number of amides is 1. The Balaban J connectivity index is 2.29. The van der Waals surface area contributed by atoms with Gasteiger partial charge in [-0.1, -0.05) is 12.1 Å². The van der Waals surface area contributed by atoms with Crippen LogP contribution in [-0.4, -0.2) is 54.6 Å². The zero-order chi connectivity index (χ0) is 14.4. The highest BCUT2D eigenvalue weighted by Gasteiger charge is 2.67. The molecule has 2 aliphatic rings. The average Bonchev–Trinajstić information content (AvgIpc) is 2.51. The summed E-state index contributed by atoms with van der Waals surface area (Å²) in [5.74, 6) is -1.66. The van der Waals surface area contributed by atoms with Crippen LogP contribution in [0, 0.1) is 0 Å². The van der Waals surface area contributed by atoms with Crippen LogP contribution in [0.3, 0.4) is 0 Å². The summed E-state index contributed by atoms with van der Waals surface area (Å²) < 4.78 is 11.3. The molecule has 0 spiro atoms. The average molecular weight is 288 g/mol. The van der Waals surface area contributed by atoms with Gasteiger partial charge < -0.3 is 14.8 Å². The van der Waals surface area contributed by atoms with Gasteiger partial charge in [-0.2, -0.15) is 0 Å². The van der Waals surface area contributed by atoms with Crippen LogP contribution in [0.2, 0.25) is 0 Å². The Bertz CT molecular complexity index is 487. The van der Waals surface area contributed by atoms with E-state index in [9.17, 15) is 18.9 Å². The SMILES string of the molecule is CCCO/N=C1/C(=O)N2[C@@H]1S(=O)C(C)(C)[C@@H]2C(=O)O. The summed E-state index contributed by atoms with van der Waals surface area (Å²) in [6, 6.07) is -1.09. The molecule has 19 heavy (non-hydrogen) atoms. The molecule has 1 unspecified atom stereocenters. The number of β-lactam (4-membered cyclic amide) rings is 1. The number of carbonyl (C=O) groups excluding carboxylic acids is 1. The Morgan fingerprint density at radius 3 is 2.74 bits per heavy atom. The number of aliphatic carboxylic acids is 1. The van der Waals surface area contributed by atoms with Crippen LogP contribution in [0.4, 0.5) is 0 Å². The fourth-order valence-electron chi connectivity index (χ4n) is 2.31. The van der Waals surface area contributed by atoms with Gasteiger partial charge in [0.2, 0.25) is 0 Å². The van der Waals surface area contributed by atoms with Crippen LogP contribution >= 0.6 is 0 Å². The second-order valence-corrected chi connectivity index (χ2v) is 7.11. The zero-order valence-corrected chi connectivity index (χ0v) is 11.8. The predicted octanol–water partition coefficient (Wildman–Crippen LogP) is -0.0686. The monoisotopic (exact) mass is 288 g/mol. The second kappa shape index (κ2) is 4.59. The Labute approximate surface area is 113 Å². The third kappa shape index (κ3) is 1.85. The lowest BCUT2D eigenvalue weighted by molar-refractivity contribution is -0.150. The number of fused-ring (bicyclic) bond motifs is 1. The molecule has 0 aromatic heterocycles. The number of carbonyl (C=O) groups is 2. The van der Waals surface area contributed by atoms with Crippen molar-refractivity contribution in [2.24, 2.45) is 5.16 Å². The van der Waals surface area contributed by atoms with E-state index >= 15 is 0 Å². The molecule has 1 N–H and O–H groups in total. The first-order chi connectivity index (χ1) is 8.84. The molecule has 0 aromatic carbocycles. The summed E-state index contributed by atoms with van der Waals surface area (Å²) in [6.45, 7) is 5.42. The van der Waals surface area contributed by atoms with Crippen LogP contribution in [0.25, 0.3) is 0 Å². The Kier molecular flexibility index (Phi) is 3.38. The summed E-state index contributed by atoms with van der Waals surface area (Å²) in [5.41, 5.74) is 0.0589. The summed E-state index contributed by atoms with van der Waals surface area (Å²) in [4.78, 5) is 29.2. The minimum atomic E-state index is -1.51. The molecule has 0 saturated carbocycles. The molecule has 0 aliphatic carbocycles. The van der Waals surface area contributed by atoms with Gasteiger partial charge in [0.15, 0.2) is 11.1 Å². The summed E-state index contributed by atoms with van der Waals surface area (Å²) in [6.07, 6.45) is 0.742. The van der Waals surface area contributed by atoms with Crippen LogP contribution in [0.5, 0.6) is 0 Å². The Hall–Kier alpha value is -1.44. The number of carboxylic acids is 1. The number of carboxylic acid groups (broad SMARTS) is 1. The highest BCUT2D eigenvalue weighted by molar-refractivity contribution is 7.88. The molecule has 2 fully saturated rings. The third-order valence-electron chi connectivity index (χ3n) is 3.29. The first kappa shape index (κ1) is 14.0. The maximum Gasteiger partial charge on any atom is 0.328 e. The van der Waals surface area contributed by atoms with Gasteiger partial charge in [-0.15, -0.1) is 0 Å². The van der Waals surface area contributed by atoms with Crippen molar-refractivity contribution in [3.05, 3.63) is 0 Å². The van der Waals surface area contributed by atoms with Crippen molar-refractivity contribution in [3.8, 4) is 0 Å². The van der Waals surface area contributed by atoms with E-state index in [4.69, 9.17) is 4.84 Å². The lowest BCUT2D eigenvalue weighted by Gasteiger charge is -2.36. The predicted molar refractivity (Wildman–Crippen MR) is 68.0 cm³/mol. The standard InChI is InChI=1S/C11H16N2O5S/c1-4-5-18-12-6-8(14)13-7(10(15)16)11(2,3)19(17)9(6)13/h7,9H,4-5H2,1-3H3,(H,15,16)/b12-6-/t7-,9+,19?/m0/s1. The van der Waals surface area contributed by atoms with E-state index in [1.165, 1.54) is 0 Å². The number of rotatable bonds is 4. The second-order valence-electron chi connectivity index (χ2n) is 5.02. The summed E-state index contributed by atoms with van der Waals surface area (Å²) in [5, 5.41) is 12.1.